The largest absolute Gasteiger partial charge is 0.519 e. The van der Waals surface area contributed by atoms with E-state index in [9.17, 15) is 25.0 Å². The summed E-state index contributed by atoms with van der Waals surface area (Å²) >= 11 is 0. The van der Waals surface area contributed by atoms with E-state index in [1.54, 1.807) is 14.2 Å². The highest BCUT2D eigenvalue weighted by atomic mass is 16.7. The lowest BCUT2D eigenvalue weighted by Crippen LogP contribution is -2.17. The van der Waals surface area contributed by atoms with E-state index >= 15 is 0 Å². The van der Waals surface area contributed by atoms with Crippen LogP contribution in [0.25, 0.3) is 0 Å². The van der Waals surface area contributed by atoms with Gasteiger partial charge in [-0.3, -0.25) is 20.2 Å². The van der Waals surface area contributed by atoms with Crippen molar-refractivity contribution < 1.29 is 52.5 Å². The molecule has 2 rings (SSSR count). The maximum atomic E-state index is 12.7. The molecule has 15 nitrogen and oxygen atoms in total. The van der Waals surface area contributed by atoms with E-state index in [2.05, 4.69) is 0 Å². The van der Waals surface area contributed by atoms with Gasteiger partial charge in [-0.15, -0.1) is 0 Å². The Morgan fingerprint density at radius 3 is 1.31 bits per heavy atom. The minimum Gasteiger partial charge on any atom is -0.394 e. The number of benzene rings is 2. The van der Waals surface area contributed by atoms with Crippen LogP contribution in [0.5, 0.6) is 11.5 Å². The van der Waals surface area contributed by atoms with E-state index in [0.29, 0.717) is 64.0 Å². The van der Waals surface area contributed by atoms with Crippen LogP contribution in [0.4, 0.5) is 16.2 Å². The monoisotopic (exact) mass is 596 g/mol. The van der Waals surface area contributed by atoms with E-state index in [1.807, 2.05) is 0 Å². The molecule has 15 heteroatoms. The van der Waals surface area contributed by atoms with Gasteiger partial charge in [-0.1, -0.05) is 0 Å². The van der Waals surface area contributed by atoms with Crippen molar-refractivity contribution >= 4 is 17.5 Å². The molecule has 2 aromatic carbocycles. The molecule has 0 atom stereocenters. The number of nitro benzene ring substituents is 2. The summed E-state index contributed by atoms with van der Waals surface area (Å²) in [5.74, 6) is 0.0941. The van der Waals surface area contributed by atoms with Gasteiger partial charge < -0.3 is 37.9 Å². The predicted octanol–water partition coefficient (Wildman–Crippen LogP) is 3.53. The summed E-state index contributed by atoms with van der Waals surface area (Å²) in [6.07, 6.45) is -0.713. The molecular formula is C27H36N2O13. The van der Waals surface area contributed by atoms with Gasteiger partial charge in [-0.2, -0.15) is 0 Å². The maximum absolute atomic E-state index is 12.7. The van der Waals surface area contributed by atoms with Gasteiger partial charge in [0.15, 0.2) is 0 Å². The van der Waals surface area contributed by atoms with Gasteiger partial charge in [-0.25, -0.2) is 4.79 Å². The molecule has 0 radical (unpaired) electrons. The zero-order valence-electron chi connectivity index (χ0n) is 23.7. The second-order valence-electron chi connectivity index (χ2n) is 8.49. The van der Waals surface area contributed by atoms with E-state index in [4.69, 9.17) is 37.9 Å². The Kier molecular flexibility index (Phi) is 16.6. The van der Waals surface area contributed by atoms with Gasteiger partial charge in [0.25, 0.3) is 11.4 Å². The molecule has 0 aromatic heterocycles. The molecule has 0 aliphatic heterocycles. The lowest BCUT2D eigenvalue weighted by Gasteiger charge is -2.13. The Bertz CT molecular complexity index is 1040. The third-order valence-corrected chi connectivity index (χ3v) is 5.54. The van der Waals surface area contributed by atoms with Crippen LogP contribution in [0.15, 0.2) is 36.4 Å². The van der Waals surface area contributed by atoms with E-state index in [1.165, 1.54) is 36.4 Å². The van der Waals surface area contributed by atoms with Crippen LogP contribution in [0.1, 0.15) is 11.1 Å². The Morgan fingerprint density at radius 2 is 0.952 bits per heavy atom. The number of nitro groups is 2. The van der Waals surface area contributed by atoms with Gasteiger partial charge in [0.2, 0.25) is 0 Å². The molecule has 0 heterocycles. The first kappa shape index (κ1) is 34.5. The Hall–Kier alpha value is -3.73. The highest BCUT2D eigenvalue weighted by molar-refractivity contribution is 5.69. The van der Waals surface area contributed by atoms with Crippen molar-refractivity contribution in [2.45, 2.75) is 12.8 Å². The molecule has 0 aliphatic carbocycles. The summed E-state index contributed by atoms with van der Waals surface area (Å²) < 4.78 is 42.1. The van der Waals surface area contributed by atoms with Crippen molar-refractivity contribution in [2.75, 3.05) is 80.3 Å². The van der Waals surface area contributed by atoms with Crippen LogP contribution in [0.3, 0.4) is 0 Å². The van der Waals surface area contributed by atoms with Crippen LogP contribution >= 0.6 is 0 Å². The van der Waals surface area contributed by atoms with E-state index < -0.39 is 16.0 Å². The summed E-state index contributed by atoms with van der Waals surface area (Å²) in [5, 5.41) is 22.5. The molecule has 0 aliphatic rings. The average Bonchev–Trinajstić information content (AvgIpc) is 2.97. The molecule has 0 unspecified atom stereocenters. The minimum absolute atomic E-state index is 0.0470. The number of hydrogen-bond acceptors (Lipinski definition) is 13. The third kappa shape index (κ3) is 13.3. The first-order chi connectivity index (χ1) is 20.3. The zero-order valence-corrected chi connectivity index (χ0v) is 23.7. The van der Waals surface area contributed by atoms with Crippen molar-refractivity contribution in [1.29, 1.82) is 0 Å². The van der Waals surface area contributed by atoms with Gasteiger partial charge >= 0.3 is 6.16 Å². The van der Waals surface area contributed by atoms with Crippen LogP contribution in [0, 0.1) is 20.2 Å². The lowest BCUT2D eigenvalue weighted by atomic mass is 10.1. The Labute approximate surface area is 242 Å². The zero-order chi connectivity index (χ0) is 30.6. The van der Waals surface area contributed by atoms with E-state index in [-0.39, 0.29) is 48.9 Å². The van der Waals surface area contributed by atoms with Crippen molar-refractivity contribution in [3.8, 4) is 11.5 Å². The number of nitrogens with zero attached hydrogens (tertiary/aromatic N) is 2. The number of methoxy groups -OCH3 is 2. The molecule has 0 amide bonds. The van der Waals surface area contributed by atoms with Crippen molar-refractivity contribution in [3.63, 3.8) is 0 Å². The third-order valence-electron chi connectivity index (χ3n) is 5.54. The summed E-state index contributed by atoms with van der Waals surface area (Å²) in [6, 6.07) is 7.56. The molecule has 0 N–H and O–H groups in total. The Balaban J connectivity index is 2.00. The van der Waals surface area contributed by atoms with Crippen molar-refractivity contribution in [2.24, 2.45) is 0 Å². The van der Waals surface area contributed by atoms with Gasteiger partial charge in [-0.05, 0) is 25.0 Å². The minimum atomic E-state index is -1.12. The molecule has 0 bridgehead atoms. The van der Waals surface area contributed by atoms with Gasteiger partial charge in [0.05, 0.1) is 75.9 Å². The Morgan fingerprint density at radius 1 is 0.595 bits per heavy atom. The van der Waals surface area contributed by atoms with Crippen molar-refractivity contribution in [3.05, 3.63) is 67.8 Å². The highest BCUT2D eigenvalue weighted by Crippen LogP contribution is 2.28. The van der Waals surface area contributed by atoms with Gasteiger partial charge in [0, 0.05) is 49.6 Å². The molecule has 0 fully saturated rings. The molecule has 2 aromatic rings. The maximum Gasteiger partial charge on any atom is 0.519 e. The molecule has 232 valence electrons. The van der Waals surface area contributed by atoms with Crippen LogP contribution < -0.4 is 9.47 Å². The number of ether oxygens (including phenoxy) is 8. The number of carbonyl (C=O) groups excluding carboxylic acids is 1. The number of hydrogen-bond donors (Lipinski definition) is 0. The number of carbonyl (C=O) groups is 1. The quantitative estimate of drug-likeness (QED) is 0.0634. The highest BCUT2D eigenvalue weighted by Gasteiger charge is 2.19. The molecule has 42 heavy (non-hydrogen) atoms. The second kappa shape index (κ2) is 20.2. The molecule has 0 saturated heterocycles. The predicted molar refractivity (Wildman–Crippen MR) is 147 cm³/mol. The fraction of sp³-hybridized carbons (Fsp3) is 0.519. The lowest BCUT2D eigenvalue weighted by molar-refractivity contribution is -0.385. The van der Waals surface area contributed by atoms with Crippen LogP contribution in [-0.2, 0) is 41.3 Å². The second-order valence-corrected chi connectivity index (χ2v) is 8.49. The first-order valence-corrected chi connectivity index (χ1v) is 13.1. The van der Waals surface area contributed by atoms with Crippen LogP contribution in [-0.4, -0.2) is 96.3 Å². The molecular weight excluding hydrogens is 560 g/mol. The standard InChI is InChI=1S/C27H36N2O13/c1-35-11-13-39-17-15-37-9-7-21-19-23(28(31)32)3-5-25(21)41-27(30)42-26-6-4-24(29(33)34)20-22(26)8-10-38-16-18-40-14-12-36-2/h3-6,19-20H,7-18H2,1-2H3. The summed E-state index contributed by atoms with van der Waals surface area (Å²) in [7, 11) is 3.14. The summed E-state index contributed by atoms with van der Waals surface area (Å²) in [4.78, 5) is 34.1. The smallest absolute Gasteiger partial charge is 0.394 e. The van der Waals surface area contributed by atoms with E-state index in [0.717, 1.165) is 0 Å². The van der Waals surface area contributed by atoms with Gasteiger partial charge in [0.1, 0.15) is 11.5 Å². The molecule has 0 spiro atoms. The SMILES string of the molecule is COCCOCCOCCc1cc([N+](=O)[O-])ccc1OC(=O)Oc1ccc([N+](=O)[O-])cc1CCOCCOCCOC. The topological polar surface area (TPSA) is 177 Å². The number of non-ortho nitro benzene ring substituents is 2. The summed E-state index contributed by atoms with van der Waals surface area (Å²) in [5.41, 5.74) is 0.337. The molecule has 0 saturated carbocycles. The summed E-state index contributed by atoms with van der Waals surface area (Å²) in [6.45, 7) is 3.44. The number of rotatable bonds is 22. The van der Waals surface area contributed by atoms with Crippen molar-refractivity contribution in [1.82, 2.24) is 0 Å². The fourth-order valence-corrected chi connectivity index (χ4v) is 3.44. The first-order valence-electron chi connectivity index (χ1n) is 13.1. The average molecular weight is 597 g/mol. The van der Waals surface area contributed by atoms with Crippen LogP contribution in [0.2, 0.25) is 0 Å². The normalized spacial score (nSPS) is 10.9. The fourth-order valence-electron chi connectivity index (χ4n) is 3.44.